The highest BCUT2D eigenvalue weighted by atomic mass is 127. The second-order valence-corrected chi connectivity index (χ2v) is 5.13. The van der Waals surface area contributed by atoms with Crippen LogP contribution in [0.25, 0.3) is 0 Å². The van der Waals surface area contributed by atoms with Gasteiger partial charge in [-0.2, -0.15) is 5.10 Å². The van der Waals surface area contributed by atoms with Crippen molar-refractivity contribution in [3.8, 4) is 0 Å². The molecule has 0 atom stereocenters. The van der Waals surface area contributed by atoms with E-state index in [0.717, 1.165) is 15.9 Å². The Morgan fingerprint density at radius 1 is 1.38 bits per heavy atom. The molecule has 1 aromatic carbocycles. The van der Waals surface area contributed by atoms with E-state index < -0.39 is 0 Å². The Morgan fingerprint density at radius 2 is 2.12 bits per heavy atom. The van der Waals surface area contributed by atoms with E-state index in [-0.39, 0.29) is 0 Å². The van der Waals surface area contributed by atoms with E-state index >= 15 is 0 Å². The maximum absolute atomic E-state index is 5.93. The summed E-state index contributed by atoms with van der Waals surface area (Å²) in [6.07, 6.45) is 1.79. The first-order valence-electron chi connectivity index (χ1n) is 5.11. The highest BCUT2D eigenvalue weighted by Gasteiger charge is 2.06. The molecule has 0 saturated carbocycles. The van der Waals surface area contributed by atoms with Crippen molar-refractivity contribution in [2.24, 2.45) is 0 Å². The summed E-state index contributed by atoms with van der Waals surface area (Å²) in [4.78, 5) is 0. The van der Waals surface area contributed by atoms with E-state index in [9.17, 15) is 0 Å². The highest BCUT2D eigenvalue weighted by molar-refractivity contribution is 14.1. The second-order valence-electron chi connectivity index (χ2n) is 3.97. The Balaban J connectivity index is 2.33. The van der Waals surface area contributed by atoms with Gasteiger partial charge in [0.25, 0.3) is 0 Å². The highest BCUT2D eigenvalue weighted by Crippen LogP contribution is 2.17. The van der Waals surface area contributed by atoms with Gasteiger partial charge in [0.15, 0.2) is 0 Å². The molecule has 0 aliphatic rings. The fourth-order valence-electron chi connectivity index (χ4n) is 1.63. The SMILES string of the molecule is Cc1ccc(C)c(Cn2ncc(I)c2N)c1. The third kappa shape index (κ3) is 2.21. The zero-order valence-electron chi connectivity index (χ0n) is 9.37. The Labute approximate surface area is 109 Å². The Bertz CT molecular complexity index is 517. The van der Waals surface area contributed by atoms with Gasteiger partial charge in [0.1, 0.15) is 5.82 Å². The van der Waals surface area contributed by atoms with Gasteiger partial charge in [-0.15, -0.1) is 0 Å². The molecule has 16 heavy (non-hydrogen) atoms. The molecule has 0 aliphatic carbocycles. The predicted molar refractivity (Wildman–Crippen MR) is 74.4 cm³/mol. The van der Waals surface area contributed by atoms with Crippen molar-refractivity contribution in [3.63, 3.8) is 0 Å². The maximum atomic E-state index is 5.93. The van der Waals surface area contributed by atoms with Gasteiger partial charge in [0.05, 0.1) is 16.3 Å². The van der Waals surface area contributed by atoms with Gasteiger partial charge in [-0.3, -0.25) is 0 Å². The van der Waals surface area contributed by atoms with Crippen LogP contribution in [0.4, 0.5) is 5.82 Å². The fourth-order valence-corrected chi connectivity index (χ4v) is 2.03. The summed E-state index contributed by atoms with van der Waals surface area (Å²) in [5.74, 6) is 0.738. The minimum atomic E-state index is 0.738. The van der Waals surface area contributed by atoms with Crippen molar-refractivity contribution in [1.82, 2.24) is 9.78 Å². The molecule has 2 rings (SSSR count). The summed E-state index contributed by atoms with van der Waals surface area (Å²) in [6, 6.07) is 6.44. The number of hydrogen-bond acceptors (Lipinski definition) is 2. The normalized spacial score (nSPS) is 10.7. The number of nitrogens with zero attached hydrogens (tertiary/aromatic N) is 2. The number of aryl methyl sites for hydroxylation is 2. The molecular weight excluding hydrogens is 313 g/mol. The van der Waals surface area contributed by atoms with Crippen LogP contribution in [-0.4, -0.2) is 9.78 Å². The number of nitrogen functional groups attached to an aromatic ring is 1. The molecule has 0 aliphatic heterocycles. The molecule has 0 amide bonds. The molecule has 1 aromatic heterocycles. The summed E-state index contributed by atoms with van der Waals surface area (Å²) in [5.41, 5.74) is 9.74. The minimum absolute atomic E-state index is 0.738. The molecule has 1 heterocycles. The minimum Gasteiger partial charge on any atom is -0.383 e. The van der Waals surface area contributed by atoms with Gasteiger partial charge in [0, 0.05) is 0 Å². The lowest BCUT2D eigenvalue weighted by Crippen LogP contribution is -2.07. The van der Waals surface area contributed by atoms with Crippen molar-refractivity contribution in [2.45, 2.75) is 20.4 Å². The van der Waals surface area contributed by atoms with Crippen LogP contribution in [0.2, 0.25) is 0 Å². The third-order valence-electron chi connectivity index (χ3n) is 2.66. The molecule has 2 N–H and O–H groups in total. The summed E-state index contributed by atoms with van der Waals surface area (Å²) < 4.78 is 2.84. The molecular formula is C12H14IN3. The van der Waals surface area contributed by atoms with Crippen molar-refractivity contribution in [2.75, 3.05) is 5.73 Å². The first kappa shape index (κ1) is 11.4. The molecule has 3 nitrogen and oxygen atoms in total. The van der Waals surface area contributed by atoms with Crippen molar-refractivity contribution >= 4 is 28.4 Å². The van der Waals surface area contributed by atoms with E-state index in [0.29, 0.717) is 0 Å². The van der Waals surface area contributed by atoms with Crippen LogP contribution in [0.5, 0.6) is 0 Å². The summed E-state index contributed by atoms with van der Waals surface area (Å²) >= 11 is 2.19. The Hall–Kier alpha value is -1.04. The average Bonchev–Trinajstić information content (AvgIpc) is 2.55. The van der Waals surface area contributed by atoms with Gasteiger partial charge in [-0.25, -0.2) is 4.68 Å². The third-order valence-corrected chi connectivity index (χ3v) is 3.49. The Morgan fingerprint density at radius 3 is 2.75 bits per heavy atom. The van der Waals surface area contributed by atoms with Crippen LogP contribution >= 0.6 is 22.6 Å². The number of benzene rings is 1. The molecule has 0 bridgehead atoms. The predicted octanol–water partition coefficient (Wildman–Crippen LogP) is 2.74. The number of rotatable bonds is 2. The standard InChI is InChI=1S/C12H14IN3/c1-8-3-4-9(2)10(5-8)7-16-12(14)11(13)6-15-16/h3-6H,7,14H2,1-2H3. The molecule has 0 unspecified atom stereocenters. The van der Waals surface area contributed by atoms with E-state index in [1.807, 2.05) is 4.68 Å². The lowest BCUT2D eigenvalue weighted by atomic mass is 10.1. The van der Waals surface area contributed by atoms with E-state index in [1.165, 1.54) is 16.7 Å². The maximum Gasteiger partial charge on any atom is 0.135 e. The zero-order valence-corrected chi connectivity index (χ0v) is 11.5. The number of halogens is 1. The van der Waals surface area contributed by atoms with E-state index in [4.69, 9.17) is 5.73 Å². The number of anilines is 1. The van der Waals surface area contributed by atoms with E-state index in [2.05, 4.69) is 59.7 Å². The van der Waals surface area contributed by atoms with Gasteiger partial charge >= 0.3 is 0 Å². The quantitative estimate of drug-likeness (QED) is 0.862. The van der Waals surface area contributed by atoms with Crippen LogP contribution in [-0.2, 0) is 6.54 Å². The molecule has 0 spiro atoms. The van der Waals surface area contributed by atoms with Crippen LogP contribution < -0.4 is 5.73 Å². The van der Waals surface area contributed by atoms with E-state index in [1.54, 1.807) is 6.20 Å². The molecule has 0 saturated heterocycles. The van der Waals surface area contributed by atoms with Crippen molar-refractivity contribution in [1.29, 1.82) is 0 Å². The summed E-state index contributed by atoms with van der Waals surface area (Å²) in [6.45, 7) is 4.95. The molecule has 0 radical (unpaired) electrons. The topological polar surface area (TPSA) is 43.8 Å². The molecule has 0 fully saturated rings. The van der Waals surface area contributed by atoms with Gasteiger partial charge in [0.2, 0.25) is 0 Å². The lowest BCUT2D eigenvalue weighted by Gasteiger charge is -2.08. The van der Waals surface area contributed by atoms with Gasteiger partial charge < -0.3 is 5.73 Å². The first-order chi connectivity index (χ1) is 7.58. The van der Waals surface area contributed by atoms with Crippen molar-refractivity contribution < 1.29 is 0 Å². The summed E-state index contributed by atoms with van der Waals surface area (Å²) in [7, 11) is 0. The summed E-state index contributed by atoms with van der Waals surface area (Å²) in [5, 5.41) is 4.27. The van der Waals surface area contributed by atoms with Crippen molar-refractivity contribution in [3.05, 3.63) is 44.7 Å². The fraction of sp³-hybridized carbons (Fsp3) is 0.250. The monoisotopic (exact) mass is 327 g/mol. The molecule has 4 heteroatoms. The second kappa shape index (κ2) is 4.45. The molecule has 2 aromatic rings. The van der Waals surface area contributed by atoms with Crippen LogP contribution in [0.15, 0.2) is 24.4 Å². The molecule has 84 valence electrons. The smallest absolute Gasteiger partial charge is 0.135 e. The number of aromatic nitrogens is 2. The van der Waals surface area contributed by atoms with Gasteiger partial charge in [-0.1, -0.05) is 23.8 Å². The largest absolute Gasteiger partial charge is 0.383 e. The van der Waals surface area contributed by atoms with Crippen LogP contribution in [0.1, 0.15) is 16.7 Å². The van der Waals surface area contributed by atoms with Crippen LogP contribution in [0, 0.1) is 17.4 Å². The first-order valence-corrected chi connectivity index (χ1v) is 6.18. The van der Waals surface area contributed by atoms with Gasteiger partial charge in [-0.05, 0) is 47.6 Å². The van der Waals surface area contributed by atoms with Crippen LogP contribution in [0.3, 0.4) is 0 Å². The number of hydrogen-bond donors (Lipinski definition) is 1. The Kier molecular flexibility index (Phi) is 3.18. The average molecular weight is 327 g/mol. The lowest BCUT2D eigenvalue weighted by molar-refractivity contribution is 0.693. The number of nitrogens with two attached hydrogens (primary N) is 1. The zero-order chi connectivity index (χ0) is 11.7.